The molecule has 0 bridgehead atoms. The van der Waals surface area contributed by atoms with Crippen LogP contribution in [0, 0.1) is 24.6 Å². The molecule has 45 heavy (non-hydrogen) atoms. The minimum Gasteiger partial charge on any atom is -0.379 e. The first-order chi connectivity index (χ1) is 21.6. The Balaban J connectivity index is 1.41. The Hall–Kier alpha value is -2.39. The third-order valence-electron chi connectivity index (χ3n) is 9.27. The van der Waals surface area contributed by atoms with E-state index in [2.05, 4.69) is 21.9 Å². The largest absolute Gasteiger partial charge is 0.379 e. The second kappa shape index (κ2) is 15.5. The van der Waals surface area contributed by atoms with Gasteiger partial charge in [-0.2, -0.15) is 10.1 Å². The summed E-state index contributed by atoms with van der Waals surface area (Å²) >= 11 is 0. The number of nitrogens with zero attached hydrogens (tertiary/aromatic N) is 5. The van der Waals surface area contributed by atoms with E-state index in [-0.39, 0.29) is 48.2 Å². The van der Waals surface area contributed by atoms with E-state index in [0.717, 1.165) is 63.5 Å². The van der Waals surface area contributed by atoms with Gasteiger partial charge in [0.25, 0.3) is 0 Å². The zero-order valence-corrected chi connectivity index (χ0v) is 28.0. The summed E-state index contributed by atoms with van der Waals surface area (Å²) in [6.45, 7) is 8.05. The van der Waals surface area contributed by atoms with Crippen LogP contribution in [0.1, 0.15) is 89.3 Å². The van der Waals surface area contributed by atoms with Crippen molar-refractivity contribution in [2.45, 2.75) is 104 Å². The molecule has 1 aliphatic carbocycles. The van der Waals surface area contributed by atoms with Gasteiger partial charge in [0, 0.05) is 44.6 Å². The number of hydrogen-bond acceptors (Lipinski definition) is 10. The van der Waals surface area contributed by atoms with Crippen molar-refractivity contribution in [1.29, 1.82) is 0 Å². The van der Waals surface area contributed by atoms with Crippen LogP contribution in [0.2, 0.25) is 0 Å². The van der Waals surface area contributed by atoms with Crippen LogP contribution in [0.15, 0.2) is 6.07 Å². The van der Waals surface area contributed by atoms with Crippen molar-refractivity contribution in [1.82, 2.24) is 24.5 Å². The number of anilines is 3. The van der Waals surface area contributed by atoms with Crippen LogP contribution < -0.4 is 14.9 Å². The molecule has 5 rings (SSSR count). The predicted octanol–water partition coefficient (Wildman–Crippen LogP) is 4.83. The molecule has 2 saturated heterocycles. The monoisotopic (exact) mass is 651 g/mol. The average Bonchev–Trinajstić information content (AvgIpc) is 3.68. The highest BCUT2D eigenvalue weighted by Gasteiger charge is 2.29. The summed E-state index contributed by atoms with van der Waals surface area (Å²) in [5, 5.41) is 7.82. The molecule has 3 fully saturated rings. The Morgan fingerprint density at radius 1 is 1.13 bits per heavy atom. The highest BCUT2D eigenvalue weighted by molar-refractivity contribution is 7.89. The maximum atomic E-state index is 16.0. The van der Waals surface area contributed by atoms with Crippen molar-refractivity contribution in [3.05, 3.63) is 23.3 Å². The first-order valence-corrected chi connectivity index (χ1v) is 18.2. The summed E-state index contributed by atoms with van der Waals surface area (Å²) in [4.78, 5) is 11.4. The van der Waals surface area contributed by atoms with E-state index in [1.807, 2.05) is 29.6 Å². The van der Waals surface area contributed by atoms with Gasteiger partial charge in [0.15, 0.2) is 23.7 Å². The molecular formula is C31H50FN7O5S. The molecule has 2 N–H and O–H groups in total. The molecule has 0 radical (unpaired) electrons. The fourth-order valence-electron chi connectivity index (χ4n) is 6.48. The van der Waals surface area contributed by atoms with Gasteiger partial charge in [-0.15, -0.1) is 0 Å². The second-order valence-electron chi connectivity index (χ2n) is 12.9. The van der Waals surface area contributed by atoms with Crippen molar-refractivity contribution >= 4 is 27.6 Å². The van der Waals surface area contributed by atoms with Gasteiger partial charge in [0.2, 0.25) is 16.0 Å². The Bertz CT molecular complexity index is 1360. The smallest absolute Gasteiger partial charge is 0.227 e. The molecule has 0 spiro atoms. The minimum atomic E-state index is -3.29. The minimum absolute atomic E-state index is 0.0101. The lowest BCUT2D eigenvalue weighted by Gasteiger charge is -2.35. The van der Waals surface area contributed by atoms with Gasteiger partial charge in [-0.3, -0.25) is 0 Å². The molecule has 3 aliphatic rings. The summed E-state index contributed by atoms with van der Waals surface area (Å²) < 4.78 is 62.4. The number of sulfonamides is 1. The number of rotatable bonds is 12. The molecular weight excluding hydrogens is 601 g/mol. The molecule has 0 amide bonds. The average molecular weight is 652 g/mol. The maximum absolute atomic E-state index is 16.0. The predicted molar refractivity (Wildman–Crippen MR) is 170 cm³/mol. The van der Waals surface area contributed by atoms with E-state index in [0.29, 0.717) is 44.0 Å². The molecule has 5 atom stereocenters. The van der Waals surface area contributed by atoms with Crippen molar-refractivity contribution in [3.8, 4) is 0 Å². The molecule has 252 valence electrons. The fraction of sp³-hybridized carbons (Fsp3) is 0.774. The van der Waals surface area contributed by atoms with Crippen LogP contribution in [0.3, 0.4) is 0 Å². The Labute approximate surface area is 266 Å². The summed E-state index contributed by atoms with van der Waals surface area (Å²) in [6, 6.07) is 1.91. The topological polar surface area (TPSA) is 133 Å². The molecule has 2 aromatic heterocycles. The first kappa shape index (κ1) is 34.0. The van der Waals surface area contributed by atoms with Gasteiger partial charge in [-0.25, -0.2) is 27.2 Å². The standard InChI is InChI=1S/C31H50FN7O5S/c1-5-45(40,41)33-18-23-10-8-9-21(2)15-24(17-23)38(4)31-34-26(20-44-25-12-14-42-19-25)29(32)30(36-31)35-27-16-22(3)39(37-27)28-11-6-7-13-43-28/h16,21,23-25,28,33H,5-15,17-20H2,1-4H3,(H,34,35,36,37)/t21-,23+,24-,25-,28?/m1/s1. The quantitative estimate of drug-likeness (QED) is 0.329. The molecule has 1 unspecified atom stereocenters. The highest BCUT2D eigenvalue weighted by atomic mass is 32.2. The lowest BCUT2D eigenvalue weighted by Crippen LogP contribution is -2.40. The highest BCUT2D eigenvalue weighted by Crippen LogP contribution is 2.32. The SMILES string of the molecule is CCS(=O)(=O)NC[C@H]1CCC[C@@H](C)C[C@@H](N(C)c2nc(CO[C@@H]3CCOC3)c(F)c(Nc3cc(C)n(C4CCCCO4)n3)n2)C1. The molecule has 12 nitrogen and oxygen atoms in total. The lowest BCUT2D eigenvalue weighted by molar-refractivity contribution is -0.0404. The number of ether oxygens (including phenoxy) is 3. The van der Waals surface area contributed by atoms with Crippen LogP contribution in [0.25, 0.3) is 0 Å². The number of aromatic nitrogens is 4. The van der Waals surface area contributed by atoms with E-state index in [1.54, 1.807) is 6.92 Å². The van der Waals surface area contributed by atoms with Crippen LogP contribution in [0.4, 0.5) is 22.0 Å². The van der Waals surface area contributed by atoms with Crippen molar-refractivity contribution in [2.24, 2.45) is 11.8 Å². The Morgan fingerprint density at radius 2 is 1.98 bits per heavy atom. The maximum Gasteiger partial charge on any atom is 0.227 e. The van der Waals surface area contributed by atoms with E-state index >= 15 is 4.39 Å². The molecule has 1 saturated carbocycles. The van der Waals surface area contributed by atoms with Crippen LogP contribution in [-0.2, 0) is 30.8 Å². The van der Waals surface area contributed by atoms with Crippen molar-refractivity contribution in [3.63, 3.8) is 0 Å². The van der Waals surface area contributed by atoms with Crippen LogP contribution >= 0.6 is 0 Å². The third kappa shape index (κ3) is 9.12. The summed E-state index contributed by atoms with van der Waals surface area (Å²) in [6.07, 6.45) is 8.23. The van der Waals surface area contributed by atoms with E-state index < -0.39 is 15.8 Å². The van der Waals surface area contributed by atoms with E-state index in [4.69, 9.17) is 24.3 Å². The van der Waals surface area contributed by atoms with Crippen LogP contribution in [0.5, 0.6) is 0 Å². The number of nitrogens with one attached hydrogen (secondary N) is 2. The number of hydrogen-bond donors (Lipinski definition) is 2. The van der Waals surface area contributed by atoms with Crippen LogP contribution in [-0.4, -0.2) is 79.5 Å². The third-order valence-corrected chi connectivity index (χ3v) is 10.6. The summed E-state index contributed by atoms with van der Waals surface area (Å²) in [5.41, 5.74) is 1.08. The zero-order chi connectivity index (χ0) is 32.0. The zero-order valence-electron chi connectivity index (χ0n) is 27.1. The fourth-order valence-corrected chi connectivity index (χ4v) is 7.18. The van der Waals surface area contributed by atoms with E-state index in [1.165, 1.54) is 0 Å². The Kier molecular flexibility index (Phi) is 11.7. The van der Waals surface area contributed by atoms with Gasteiger partial charge in [0.05, 0.1) is 25.1 Å². The first-order valence-electron chi connectivity index (χ1n) is 16.5. The lowest BCUT2D eigenvalue weighted by atomic mass is 9.83. The summed E-state index contributed by atoms with van der Waals surface area (Å²) in [5.74, 6) is 1.03. The van der Waals surface area contributed by atoms with Gasteiger partial charge in [0.1, 0.15) is 5.69 Å². The van der Waals surface area contributed by atoms with E-state index in [9.17, 15) is 8.42 Å². The van der Waals surface area contributed by atoms with Crippen molar-refractivity contribution in [2.75, 3.05) is 49.4 Å². The number of halogens is 1. The molecule has 2 aromatic rings. The number of aryl methyl sites for hydroxylation is 1. The van der Waals surface area contributed by atoms with Gasteiger partial charge in [-0.05, 0) is 70.6 Å². The van der Waals surface area contributed by atoms with Crippen molar-refractivity contribution < 1.29 is 27.0 Å². The van der Waals surface area contributed by atoms with Gasteiger partial charge >= 0.3 is 0 Å². The van der Waals surface area contributed by atoms with Gasteiger partial charge in [-0.1, -0.05) is 19.8 Å². The molecule has 0 aromatic carbocycles. The molecule has 14 heteroatoms. The second-order valence-corrected chi connectivity index (χ2v) is 15.0. The Morgan fingerprint density at radius 3 is 2.71 bits per heavy atom. The normalized spacial score (nSPS) is 26.4. The van der Waals surface area contributed by atoms with Gasteiger partial charge < -0.3 is 24.4 Å². The summed E-state index contributed by atoms with van der Waals surface area (Å²) in [7, 11) is -1.34. The molecule has 4 heterocycles. The molecule has 2 aliphatic heterocycles.